The summed E-state index contributed by atoms with van der Waals surface area (Å²) in [7, 11) is 1.52. The van der Waals surface area contributed by atoms with Gasteiger partial charge in [-0.15, -0.1) is 0 Å². The van der Waals surface area contributed by atoms with E-state index in [-0.39, 0.29) is 6.42 Å². The van der Waals surface area contributed by atoms with Crippen LogP contribution in [0, 0.1) is 5.82 Å². The standard InChI is InChI=1S/C25H22FNO4/c1-31-23-15-17(11-12-18(23)16-7-3-2-4-8-16)24(28)27-21(13-14-22(27)25(29)30)19-9-5-6-10-20(19)26/h2-12,15,21-22H,13-14H2,1H3,(H,29,30)/t21-,22-/m0/s1. The number of benzene rings is 3. The molecule has 0 aromatic heterocycles. The molecular formula is C25H22FNO4. The number of carbonyl (C=O) groups excluding carboxylic acids is 1. The predicted molar refractivity (Wildman–Crippen MR) is 114 cm³/mol. The Morgan fingerprint density at radius 2 is 1.71 bits per heavy atom. The van der Waals surface area contributed by atoms with E-state index in [1.165, 1.54) is 18.1 Å². The fraction of sp³-hybridized carbons (Fsp3) is 0.200. The summed E-state index contributed by atoms with van der Waals surface area (Å²) in [5.74, 6) is -1.50. The second-order valence-corrected chi connectivity index (χ2v) is 7.46. The molecule has 5 nitrogen and oxygen atoms in total. The largest absolute Gasteiger partial charge is 0.496 e. The van der Waals surface area contributed by atoms with Crippen LogP contribution < -0.4 is 4.74 Å². The SMILES string of the molecule is COc1cc(C(=O)N2[C@H](C(=O)O)CC[C@H]2c2ccccc2F)ccc1-c1ccccc1. The van der Waals surface area contributed by atoms with Crippen LogP contribution in [-0.2, 0) is 4.79 Å². The summed E-state index contributed by atoms with van der Waals surface area (Å²) in [6.45, 7) is 0. The molecule has 1 aliphatic heterocycles. The highest BCUT2D eigenvalue weighted by molar-refractivity contribution is 5.98. The van der Waals surface area contributed by atoms with E-state index in [9.17, 15) is 19.1 Å². The molecular weight excluding hydrogens is 397 g/mol. The van der Waals surface area contributed by atoms with Gasteiger partial charge in [-0.1, -0.05) is 48.5 Å². The Hall–Kier alpha value is -3.67. The first-order chi connectivity index (χ1) is 15.0. The number of rotatable bonds is 5. The summed E-state index contributed by atoms with van der Waals surface area (Å²) in [6, 6.07) is 19.2. The zero-order valence-corrected chi connectivity index (χ0v) is 17.0. The van der Waals surface area contributed by atoms with Crippen LogP contribution in [0.2, 0.25) is 0 Å². The van der Waals surface area contributed by atoms with Gasteiger partial charge < -0.3 is 14.7 Å². The third-order valence-electron chi connectivity index (χ3n) is 5.70. The van der Waals surface area contributed by atoms with Gasteiger partial charge in [-0.25, -0.2) is 9.18 Å². The van der Waals surface area contributed by atoms with Crippen molar-refractivity contribution in [3.05, 3.63) is 89.7 Å². The molecule has 2 atom stereocenters. The molecule has 1 amide bonds. The molecule has 3 aromatic rings. The van der Waals surface area contributed by atoms with Crippen molar-refractivity contribution < 1.29 is 23.8 Å². The number of ether oxygens (including phenoxy) is 1. The molecule has 0 radical (unpaired) electrons. The molecule has 3 aromatic carbocycles. The van der Waals surface area contributed by atoms with Crippen molar-refractivity contribution in [3.8, 4) is 16.9 Å². The van der Waals surface area contributed by atoms with Crippen LogP contribution in [0.15, 0.2) is 72.8 Å². The summed E-state index contributed by atoms with van der Waals surface area (Å²) in [4.78, 5) is 26.6. The van der Waals surface area contributed by atoms with Gasteiger partial charge in [0.25, 0.3) is 5.91 Å². The van der Waals surface area contributed by atoms with Gasteiger partial charge in [0.1, 0.15) is 17.6 Å². The number of hydrogen-bond acceptors (Lipinski definition) is 3. The van der Waals surface area contributed by atoms with E-state index in [2.05, 4.69) is 0 Å². The first-order valence-corrected chi connectivity index (χ1v) is 10.0. The number of hydrogen-bond donors (Lipinski definition) is 1. The Morgan fingerprint density at radius 1 is 1.00 bits per heavy atom. The van der Waals surface area contributed by atoms with E-state index in [0.29, 0.717) is 23.3 Å². The lowest BCUT2D eigenvalue weighted by molar-refractivity contribution is -0.141. The molecule has 31 heavy (non-hydrogen) atoms. The van der Waals surface area contributed by atoms with Crippen molar-refractivity contribution in [2.45, 2.75) is 24.9 Å². The maximum absolute atomic E-state index is 14.5. The lowest BCUT2D eigenvalue weighted by Crippen LogP contribution is -2.42. The van der Waals surface area contributed by atoms with Crippen molar-refractivity contribution >= 4 is 11.9 Å². The average Bonchev–Trinajstić information content (AvgIpc) is 3.24. The Kier molecular flexibility index (Phi) is 5.71. The van der Waals surface area contributed by atoms with Crippen molar-refractivity contribution in [2.24, 2.45) is 0 Å². The van der Waals surface area contributed by atoms with Crippen LogP contribution in [0.1, 0.15) is 34.8 Å². The smallest absolute Gasteiger partial charge is 0.326 e. The van der Waals surface area contributed by atoms with Crippen LogP contribution in [0.4, 0.5) is 4.39 Å². The molecule has 0 spiro atoms. The lowest BCUT2D eigenvalue weighted by atomic mass is 10.0. The van der Waals surface area contributed by atoms with E-state index >= 15 is 0 Å². The highest BCUT2D eigenvalue weighted by Gasteiger charge is 2.42. The van der Waals surface area contributed by atoms with Crippen molar-refractivity contribution in [2.75, 3.05) is 7.11 Å². The summed E-state index contributed by atoms with van der Waals surface area (Å²) >= 11 is 0. The first-order valence-electron chi connectivity index (χ1n) is 10.0. The van der Waals surface area contributed by atoms with Gasteiger partial charge in [0, 0.05) is 16.7 Å². The Labute approximate surface area is 179 Å². The van der Waals surface area contributed by atoms with Crippen LogP contribution in [0.25, 0.3) is 11.1 Å². The van der Waals surface area contributed by atoms with E-state index in [4.69, 9.17) is 4.74 Å². The minimum Gasteiger partial charge on any atom is -0.496 e. The Balaban J connectivity index is 1.73. The summed E-state index contributed by atoms with van der Waals surface area (Å²) in [5.41, 5.74) is 2.38. The first kappa shape index (κ1) is 20.6. The number of carboxylic acid groups (broad SMARTS) is 1. The topological polar surface area (TPSA) is 66.8 Å². The van der Waals surface area contributed by atoms with Crippen LogP contribution >= 0.6 is 0 Å². The minimum absolute atomic E-state index is 0.263. The molecule has 1 fully saturated rings. The molecule has 0 saturated carbocycles. The maximum Gasteiger partial charge on any atom is 0.326 e. The average molecular weight is 419 g/mol. The molecule has 1 heterocycles. The van der Waals surface area contributed by atoms with E-state index in [1.54, 1.807) is 36.4 Å². The number of carbonyl (C=O) groups is 2. The van der Waals surface area contributed by atoms with E-state index < -0.39 is 29.8 Å². The van der Waals surface area contributed by atoms with E-state index in [0.717, 1.165) is 11.1 Å². The third-order valence-corrected chi connectivity index (χ3v) is 5.70. The lowest BCUT2D eigenvalue weighted by Gasteiger charge is -2.29. The molecule has 1 aliphatic rings. The van der Waals surface area contributed by atoms with Gasteiger partial charge in [0.2, 0.25) is 0 Å². The molecule has 0 aliphatic carbocycles. The van der Waals surface area contributed by atoms with Crippen LogP contribution in [-0.4, -0.2) is 35.0 Å². The fourth-order valence-corrected chi connectivity index (χ4v) is 4.22. The van der Waals surface area contributed by atoms with Gasteiger partial charge in [-0.3, -0.25) is 4.79 Å². The molecule has 0 unspecified atom stereocenters. The second-order valence-electron chi connectivity index (χ2n) is 7.46. The predicted octanol–water partition coefficient (Wildman–Crippen LogP) is 4.93. The van der Waals surface area contributed by atoms with Crippen LogP contribution in [0.3, 0.4) is 0 Å². The highest BCUT2D eigenvalue weighted by atomic mass is 19.1. The van der Waals surface area contributed by atoms with Gasteiger partial charge >= 0.3 is 5.97 Å². The zero-order valence-electron chi connectivity index (χ0n) is 17.0. The van der Waals surface area contributed by atoms with Crippen molar-refractivity contribution in [3.63, 3.8) is 0 Å². The monoisotopic (exact) mass is 419 g/mol. The molecule has 0 bridgehead atoms. The van der Waals surface area contributed by atoms with Gasteiger partial charge in [-0.05, 0) is 42.7 Å². The zero-order chi connectivity index (χ0) is 22.0. The van der Waals surface area contributed by atoms with Crippen LogP contribution in [0.5, 0.6) is 5.75 Å². The summed E-state index contributed by atoms with van der Waals surface area (Å²) in [6.07, 6.45) is 0.641. The molecule has 158 valence electrons. The second kappa shape index (κ2) is 8.60. The third kappa shape index (κ3) is 3.89. The van der Waals surface area contributed by atoms with Gasteiger partial charge in [-0.2, -0.15) is 0 Å². The van der Waals surface area contributed by atoms with Crippen molar-refractivity contribution in [1.29, 1.82) is 0 Å². The molecule has 4 rings (SSSR count). The number of carboxylic acids is 1. The number of amides is 1. The fourth-order valence-electron chi connectivity index (χ4n) is 4.22. The maximum atomic E-state index is 14.5. The van der Waals surface area contributed by atoms with Gasteiger partial charge in [0.15, 0.2) is 0 Å². The number of nitrogens with zero attached hydrogens (tertiary/aromatic N) is 1. The Bertz CT molecular complexity index is 1120. The normalized spacial score (nSPS) is 18.1. The van der Waals surface area contributed by atoms with Crippen molar-refractivity contribution in [1.82, 2.24) is 4.90 Å². The highest BCUT2D eigenvalue weighted by Crippen LogP contribution is 2.39. The molecule has 6 heteroatoms. The number of methoxy groups -OCH3 is 1. The minimum atomic E-state index is -1.10. The Morgan fingerprint density at radius 3 is 2.39 bits per heavy atom. The number of likely N-dealkylation sites (tertiary alicyclic amines) is 1. The molecule has 1 saturated heterocycles. The number of aliphatic carboxylic acids is 1. The summed E-state index contributed by atoms with van der Waals surface area (Å²) in [5, 5.41) is 9.69. The van der Waals surface area contributed by atoms with E-state index in [1.807, 2.05) is 30.3 Å². The quantitative estimate of drug-likeness (QED) is 0.637. The molecule has 1 N–H and O–H groups in total. The van der Waals surface area contributed by atoms with Gasteiger partial charge in [0.05, 0.1) is 13.2 Å². The number of halogens is 1. The summed E-state index contributed by atoms with van der Waals surface area (Å²) < 4.78 is 20.0.